The summed E-state index contributed by atoms with van der Waals surface area (Å²) in [6, 6.07) is 7.50. The minimum Gasteiger partial charge on any atom is -0.384 e. The number of aliphatic hydroxyl groups is 1. The maximum Gasteiger partial charge on any atom is 0.255 e. The molecule has 0 saturated carbocycles. The van der Waals surface area contributed by atoms with Gasteiger partial charge < -0.3 is 10.0 Å². The third-order valence-corrected chi connectivity index (χ3v) is 3.27. The second kappa shape index (κ2) is 7.60. The van der Waals surface area contributed by atoms with Crippen molar-refractivity contribution in [3.05, 3.63) is 35.4 Å². The first-order chi connectivity index (χ1) is 9.15. The van der Waals surface area contributed by atoms with E-state index in [4.69, 9.17) is 5.11 Å². The van der Waals surface area contributed by atoms with Crippen molar-refractivity contribution in [2.24, 2.45) is 0 Å². The summed E-state index contributed by atoms with van der Waals surface area (Å²) < 4.78 is 0. The second-order valence-corrected chi connectivity index (χ2v) is 4.39. The Morgan fingerprint density at radius 2 is 1.95 bits per heavy atom. The van der Waals surface area contributed by atoms with Gasteiger partial charge in [0.1, 0.15) is 6.61 Å². The maximum absolute atomic E-state index is 12.5. The van der Waals surface area contributed by atoms with E-state index in [1.807, 2.05) is 19.2 Å². The minimum absolute atomic E-state index is 0.0171. The minimum atomic E-state index is -0.203. The van der Waals surface area contributed by atoms with Crippen LogP contribution >= 0.6 is 0 Å². The molecule has 0 atom stereocenters. The van der Waals surface area contributed by atoms with Crippen LogP contribution < -0.4 is 0 Å². The molecule has 0 aromatic heterocycles. The zero-order valence-corrected chi connectivity index (χ0v) is 11.8. The van der Waals surface area contributed by atoms with Crippen LogP contribution in [0, 0.1) is 11.8 Å². The van der Waals surface area contributed by atoms with Crippen LogP contribution in [0.2, 0.25) is 0 Å². The van der Waals surface area contributed by atoms with Crippen molar-refractivity contribution in [1.82, 2.24) is 4.90 Å². The molecule has 0 bridgehead atoms. The van der Waals surface area contributed by atoms with Crippen molar-refractivity contribution in [1.29, 1.82) is 0 Å². The highest BCUT2D eigenvalue weighted by Gasteiger charge is 2.19. The largest absolute Gasteiger partial charge is 0.384 e. The lowest BCUT2D eigenvalue weighted by molar-refractivity contribution is 0.0723. The van der Waals surface area contributed by atoms with E-state index in [1.165, 1.54) is 0 Å². The summed E-state index contributed by atoms with van der Waals surface area (Å²) in [5, 5.41) is 8.76. The molecule has 3 heteroatoms. The molecule has 0 spiro atoms. The molecule has 0 aliphatic rings. The molecule has 0 aliphatic heterocycles. The van der Waals surface area contributed by atoms with Gasteiger partial charge >= 0.3 is 0 Å². The van der Waals surface area contributed by atoms with Crippen LogP contribution in [0.1, 0.15) is 42.6 Å². The summed E-state index contributed by atoms with van der Waals surface area (Å²) in [4.78, 5) is 14.3. The van der Waals surface area contributed by atoms with Crippen molar-refractivity contribution >= 4 is 5.91 Å². The van der Waals surface area contributed by atoms with Gasteiger partial charge in [0.25, 0.3) is 5.91 Å². The van der Waals surface area contributed by atoms with Crippen LogP contribution in [0.3, 0.4) is 0 Å². The average Bonchev–Trinajstić information content (AvgIpc) is 2.45. The highest BCUT2D eigenvalue weighted by atomic mass is 16.2. The SMILES string of the molecule is CCC(CC)N(C)C(=O)c1ccccc1C#CCO. The first-order valence-electron chi connectivity index (χ1n) is 6.61. The molecule has 1 N–H and O–H groups in total. The third-order valence-electron chi connectivity index (χ3n) is 3.27. The molecule has 0 radical (unpaired) electrons. The number of hydrogen-bond donors (Lipinski definition) is 1. The Balaban J connectivity index is 3.05. The predicted molar refractivity (Wildman–Crippen MR) is 76.9 cm³/mol. The number of aliphatic hydroxyl groups excluding tert-OH is 1. The Labute approximate surface area is 115 Å². The molecule has 0 saturated heterocycles. The molecule has 1 aromatic rings. The molecule has 0 aliphatic carbocycles. The van der Waals surface area contributed by atoms with Gasteiger partial charge in [0, 0.05) is 18.7 Å². The van der Waals surface area contributed by atoms with Gasteiger partial charge in [-0.3, -0.25) is 4.79 Å². The fraction of sp³-hybridized carbons (Fsp3) is 0.438. The van der Waals surface area contributed by atoms with E-state index >= 15 is 0 Å². The third kappa shape index (κ3) is 3.84. The number of rotatable bonds is 4. The Morgan fingerprint density at radius 1 is 1.32 bits per heavy atom. The van der Waals surface area contributed by atoms with E-state index in [0.717, 1.165) is 12.8 Å². The number of hydrogen-bond acceptors (Lipinski definition) is 2. The lowest BCUT2D eigenvalue weighted by atomic mass is 10.0. The number of benzene rings is 1. The van der Waals surface area contributed by atoms with Gasteiger partial charge in [-0.25, -0.2) is 0 Å². The van der Waals surface area contributed by atoms with E-state index in [9.17, 15) is 4.79 Å². The van der Waals surface area contributed by atoms with Crippen LogP contribution in [0.4, 0.5) is 0 Å². The molecule has 1 rings (SSSR count). The summed E-state index contributed by atoms with van der Waals surface area (Å²) in [7, 11) is 1.83. The Hall–Kier alpha value is -1.79. The van der Waals surface area contributed by atoms with Crippen molar-refractivity contribution in [2.75, 3.05) is 13.7 Å². The molecule has 1 aromatic carbocycles. The molecular weight excluding hydrogens is 238 g/mol. The molecular formula is C16H21NO2. The van der Waals surface area contributed by atoms with E-state index in [1.54, 1.807) is 17.0 Å². The topological polar surface area (TPSA) is 40.5 Å². The predicted octanol–water partition coefficient (Wildman–Crippen LogP) is 2.29. The standard InChI is InChI=1S/C16H21NO2/c1-4-14(5-2)17(3)16(19)15-11-7-6-9-13(15)10-8-12-18/h6-7,9,11,14,18H,4-5,12H2,1-3H3. The zero-order valence-electron chi connectivity index (χ0n) is 11.8. The summed E-state index contributed by atoms with van der Waals surface area (Å²) in [6.07, 6.45) is 1.87. The van der Waals surface area contributed by atoms with E-state index in [2.05, 4.69) is 25.7 Å². The van der Waals surface area contributed by atoms with Crippen molar-refractivity contribution in [3.63, 3.8) is 0 Å². The first kappa shape index (κ1) is 15.3. The molecule has 19 heavy (non-hydrogen) atoms. The van der Waals surface area contributed by atoms with Crippen LogP contribution in [-0.2, 0) is 0 Å². The van der Waals surface area contributed by atoms with E-state index in [-0.39, 0.29) is 18.6 Å². The number of carbonyl (C=O) groups excluding carboxylic acids is 1. The lowest BCUT2D eigenvalue weighted by Crippen LogP contribution is -2.36. The quantitative estimate of drug-likeness (QED) is 0.843. The summed E-state index contributed by atoms with van der Waals surface area (Å²) in [5.41, 5.74) is 1.26. The van der Waals surface area contributed by atoms with Gasteiger partial charge in [-0.1, -0.05) is 37.8 Å². The molecule has 0 unspecified atom stereocenters. The second-order valence-electron chi connectivity index (χ2n) is 4.39. The van der Waals surface area contributed by atoms with Gasteiger partial charge in [-0.2, -0.15) is 0 Å². The van der Waals surface area contributed by atoms with Crippen LogP contribution in [-0.4, -0.2) is 35.6 Å². The highest BCUT2D eigenvalue weighted by molar-refractivity contribution is 5.96. The number of amides is 1. The number of carbonyl (C=O) groups is 1. The molecule has 3 nitrogen and oxygen atoms in total. The summed E-state index contributed by atoms with van der Waals surface area (Å²) >= 11 is 0. The van der Waals surface area contributed by atoms with Gasteiger partial charge in [-0.05, 0) is 25.0 Å². The monoisotopic (exact) mass is 259 g/mol. The Kier molecular flexibility index (Phi) is 6.11. The number of nitrogens with zero attached hydrogens (tertiary/aromatic N) is 1. The zero-order chi connectivity index (χ0) is 14.3. The molecule has 1 amide bonds. The lowest BCUT2D eigenvalue weighted by Gasteiger charge is -2.26. The maximum atomic E-state index is 12.5. The smallest absolute Gasteiger partial charge is 0.255 e. The molecule has 0 fully saturated rings. The highest BCUT2D eigenvalue weighted by Crippen LogP contribution is 2.14. The van der Waals surface area contributed by atoms with Gasteiger partial charge in [0.2, 0.25) is 0 Å². The van der Waals surface area contributed by atoms with E-state index < -0.39 is 0 Å². The van der Waals surface area contributed by atoms with Gasteiger partial charge in [-0.15, -0.1) is 0 Å². The fourth-order valence-electron chi connectivity index (χ4n) is 2.11. The molecule has 0 heterocycles. The normalized spacial score (nSPS) is 9.95. The Bertz CT molecular complexity index is 481. The van der Waals surface area contributed by atoms with Crippen LogP contribution in [0.5, 0.6) is 0 Å². The fourth-order valence-corrected chi connectivity index (χ4v) is 2.11. The van der Waals surface area contributed by atoms with Crippen LogP contribution in [0.15, 0.2) is 24.3 Å². The average molecular weight is 259 g/mol. The van der Waals surface area contributed by atoms with Crippen molar-refractivity contribution in [2.45, 2.75) is 32.7 Å². The summed E-state index contributed by atoms with van der Waals surface area (Å²) in [6.45, 7) is 3.95. The summed E-state index contributed by atoms with van der Waals surface area (Å²) in [5.74, 6) is 5.40. The van der Waals surface area contributed by atoms with Gasteiger partial charge in [0.05, 0.1) is 5.56 Å². The molecule has 102 valence electrons. The van der Waals surface area contributed by atoms with Gasteiger partial charge in [0.15, 0.2) is 0 Å². The van der Waals surface area contributed by atoms with Crippen molar-refractivity contribution < 1.29 is 9.90 Å². The van der Waals surface area contributed by atoms with E-state index in [0.29, 0.717) is 11.1 Å². The Morgan fingerprint density at radius 3 is 2.53 bits per heavy atom. The van der Waals surface area contributed by atoms with Crippen LogP contribution in [0.25, 0.3) is 0 Å². The first-order valence-corrected chi connectivity index (χ1v) is 6.61. The van der Waals surface area contributed by atoms with Crippen molar-refractivity contribution in [3.8, 4) is 11.8 Å².